The number of rotatable bonds is 2. The molecule has 1 aromatic heterocycles. The van der Waals surface area contributed by atoms with Crippen LogP contribution in [0.25, 0.3) is 0 Å². The van der Waals surface area contributed by atoms with Crippen molar-refractivity contribution >= 4 is 34.9 Å². The zero-order valence-corrected chi connectivity index (χ0v) is 13.7. The van der Waals surface area contributed by atoms with E-state index in [0.717, 1.165) is 25.2 Å². The Labute approximate surface area is 135 Å². The third-order valence-corrected chi connectivity index (χ3v) is 5.34. The third-order valence-electron chi connectivity index (χ3n) is 4.86. The van der Waals surface area contributed by atoms with Crippen LogP contribution in [-0.4, -0.2) is 42.5 Å². The van der Waals surface area contributed by atoms with Crippen molar-refractivity contribution in [3.8, 4) is 0 Å². The van der Waals surface area contributed by atoms with E-state index in [0.29, 0.717) is 34.3 Å². The van der Waals surface area contributed by atoms with Gasteiger partial charge >= 0.3 is 0 Å². The fourth-order valence-corrected chi connectivity index (χ4v) is 4.16. The maximum atomic E-state index is 11.8. The molecule has 3 rings (SSSR count). The van der Waals surface area contributed by atoms with E-state index in [4.69, 9.17) is 23.2 Å². The highest BCUT2D eigenvalue weighted by atomic mass is 35.5. The van der Waals surface area contributed by atoms with Crippen LogP contribution in [0.15, 0.2) is 12.3 Å². The first-order chi connectivity index (χ1) is 9.95. The van der Waals surface area contributed by atoms with Crippen LogP contribution < -0.4 is 4.90 Å². The first-order valence-corrected chi connectivity index (χ1v) is 7.99. The first kappa shape index (κ1) is 14.9. The summed E-state index contributed by atoms with van der Waals surface area (Å²) in [6.45, 7) is 0.871. The van der Waals surface area contributed by atoms with Crippen molar-refractivity contribution in [3.63, 3.8) is 0 Å². The van der Waals surface area contributed by atoms with Gasteiger partial charge in [0.25, 0.3) is 0 Å². The van der Waals surface area contributed by atoms with E-state index >= 15 is 0 Å². The van der Waals surface area contributed by atoms with E-state index in [1.54, 1.807) is 12.3 Å². The Morgan fingerprint density at radius 3 is 2.76 bits per heavy atom. The Morgan fingerprint density at radius 2 is 2.05 bits per heavy atom. The lowest BCUT2D eigenvalue weighted by molar-refractivity contribution is -0.134. The van der Waals surface area contributed by atoms with Crippen molar-refractivity contribution < 1.29 is 4.79 Å². The van der Waals surface area contributed by atoms with Gasteiger partial charge in [-0.05, 0) is 30.7 Å². The summed E-state index contributed by atoms with van der Waals surface area (Å²) in [6.07, 6.45) is 4.41. The van der Waals surface area contributed by atoms with Crippen LogP contribution in [0.1, 0.15) is 19.3 Å². The van der Waals surface area contributed by atoms with E-state index in [-0.39, 0.29) is 5.91 Å². The molecule has 2 aliphatic rings. The van der Waals surface area contributed by atoms with Crippen LogP contribution in [0.2, 0.25) is 10.0 Å². The van der Waals surface area contributed by atoms with Crippen LogP contribution in [0.4, 0.5) is 5.82 Å². The first-order valence-electron chi connectivity index (χ1n) is 7.23. The Balaban J connectivity index is 1.75. The Kier molecular flexibility index (Phi) is 4.02. The summed E-state index contributed by atoms with van der Waals surface area (Å²) < 4.78 is 0. The van der Waals surface area contributed by atoms with E-state index in [9.17, 15) is 4.79 Å². The van der Waals surface area contributed by atoms with Crippen molar-refractivity contribution in [1.29, 1.82) is 0 Å². The topological polar surface area (TPSA) is 36.4 Å². The molecule has 1 amide bonds. The smallest absolute Gasteiger partial charge is 0.222 e. The monoisotopic (exact) mass is 327 g/mol. The number of anilines is 1. The lowest BCUT2D eigenvalue weighted by Crippen LogP contribution is -2.39. The molecule has 0 aromatic carbocycles. The van der Waals surface area contributed by atoms with Gasteiger partial charge in [0.05, 0.1) is 10.0 Å². The zero-order chi connectivity index (χ0) is 15.1. The van der Waals surface area contributed by atoms with Crippen LogP contribution >= 0.6 is 23.2 Å². The average Bonchev–Trinajstić information content (AvgIpc) is 2.81. The van der Waals surface area contributed by atoms with Crippen LogP contribution in [0.5, 0.6) is 0 Å². The van der Waals surface area contributed by atoms with E-state index in [1.807, 2.05) is 19.0 Å². The molecular weight excluding hydrogens is 309 g/mol. The highest BCUT2D eigenvalue weighted by Gasteiger charge is 2.41. The Bertz CT molecular complexity index is 566. The number of hydrogen-bond acceptors (Lipinski definition) is 3. The molecule has 0 bridgehead atoms. The van der Waals surface area contributed by atoms with Crippen molar-refractivity contribution in [2.45, 2.75) is 25.3 Å². The van der Waals surface area contributed by atoms with Gasteiger partial charge in [0, 0.05) is 39.3 Å². The minimum atomic E-state index is 0.266. The SMILES string of the molecule is CN1C[C@H]2C[C@@H](N(C)c3ncc(Cl)cc3Cl)C[C@H]2CC1=O. The highest BCUT2D eigenvalue weighted by molar-refractivity contribution is 6.36. The number of likely N-dealkylation sites (tertiary alicyclic amines) is 1. The summed E-state index contributed by atoms with van der Waals surface area (Å²) in [5.41, 5.74) is 0. The molecule has 0 radical (unpaired) electrons. The third kappa shape index (κ3) is 2.84. The van der Waals surface area contributed by atoms with Gasteiger partial charge in [-0.3, -0.25) is 4.79 Å². The van der Waals surface area contributed by atoms with Crippen LogP contribution in [0, 0.1) is 11.8 Å². The highest BCUT2D eigenvalue weighted by Crippen LogP contribution is 2.41. The predicted octanol–water partition coefficient (Wildman–Crippen LogP) is 3.08. The predicted molar refractivity (Wildman–Crippen MR) is 84.9 cm³/mol. The number of nitrogens with zero attached hydrogens (tertiary/aromatic N) is 3. The molecule has 0 spiro atoms. The number of fused-ring (bicyclic) bond motifs is 1. The van der Waals surface area contributed by atoms with Gasteiger partial charge in [-0.15, -0.1) is 0 Å². The van der Waals surface area contributed by atoms with Gasteiger partial charge < -0.3 is 9.80 Å². The molecule has 1 saturated carbocycles. The maximum absolute atomic E-state index is 11.8. The van der Waals surface area contributed by atoms with Crippen molar-refractivity contribution in [1.82, 2.24) is 9.88 Å². The number of carbonyl (C=O) groups excluding carboxylic acids is 1. The molecule has 3 atom stereocenters. The summed E-state index contributed by atoms with van der Waals surface area (Å²) >= 11 is 12.2. The van der Waals surface area contributed by atoms with Gasteiger partial charge in [-0.25, -0.2) is 4.98 Å². The summed E-state index contributed by atoms with van der Waals surface area (Å²) in [4.78, 5) is 20.2. The van der Waals surface area contributed by atoms with Gasteiger partial charge in [0.2, 0.25) is 5.91 Å². The summed E-state index contributed by atoms with van der Waals surface area (Å²) in [5, 5.41) is 1.12. The van der Waals surface area contributed by atoms with Crippen LogP contribution in [0.3, 0.4) is 0 Å². The second-order valence-electron chi connectivity index (χ2n) is 6.19. The molecule has 1 saturated heterocycles. The molecule has 2 heterocycles. The van der Waals surface area contributed by atoms with E-state index in [1.165, 1.54) is 0 Å². The van der Waals surface area contributed by atoms with Crippen molar-refractivity contribution in [3.05, 3.63) is 22.3 Å². The summed E-state index contributed by atoms with van der Waals surface area (Å²) in [6, 6.07) is 2.10. The van der Waals surface area contributed by atoms with E-state index < -0.39 is 0 Å². The van der Waals surface area contributed by atoms with Crippen LogP contribution in [-0.2, 0) is 4.79 Å². The lowest BCUT2D eigenvalue weighted by Gasteiger charge is -2.31. The summed E-state index contributed by atoms with van der Waals surface area (Å²) in [7, 11) is 3.92. The number of hydrogen-bond donors (Lipinski definition) is 0. The molecule has 4 nitrogen and oxygen atoms in total. The molecule has 1 aliphatic heterocycles. The van der Waals surface area contributed by atoms with Gasteiger partial charge in [-0.1, -0.05) is 23.2 Å². The molecule has 0 unspecified atom stereocenters. The number of piperidine rings is 1. The quantitative estimate of drug-likeness (QED) is 0.837. The largest absolute Gasteiger partial charge is 0.355 e. The van der Waals surface area contributed by atoms with Crippen molar-refractivity contribution in [2.75, 3.05) is 25.5 Å². The number of pyridine rings is 1. The Hall–Kier alpha value is -1.00. The van der Waals surface area contributed by atoms with Gasteiger partial charge in [-0.2, -0.15) is 0 Å². The molecule has 1 aromatic rings. The number of carbonyl (C=O) groups is 1. The maximum Gasteiger partial charge on any atom is 0.222 e. The fourth-order valence-electron chi connectivity index (χ4n) is 3.64. The summed E-state index contributed by atoms with van der Waals surface area (Å²) in [5.74, 6) is 2.12. The number of aromatic nitrogens is 1. The second-order valence-corrected chi connectivity index (χ2v) is 7.04. The molecule has 6 heteroatoms. The Morgan fingerprint density at radius 1 is 1.33 bits per heavy atom. The molecule has 2 fully saturated rings. The number of halogens is 2. The van der Waals surface area contributed by atoms with E-state index in [2.05, 4.69) is 9.88 Å². The lowest BCUT2D eigenvalue weighted by atomic mass is 9.88. The zero-order valence-electron chi connectivity index (χ0n) is 12.2. The average molecular weight is 328 g/mol. The van der Waals surface area contributed by atoms with Crippen molar-refractivity contribution in [2.24, 2.45) is 11.8 Å². The minimum Gasteiger partial charge on any atom is -0.355 e. The molecule has 21 heavy (non-hydrogen) atoms. The molecular formula is C15H19Cl2N3O. The van der Waals surface area contributed by atoms with Gasteiger partial charge in [0.1, 0.15) is 5.82 Å². The standard InChI is InChI=1S/C15H19Cl2N3O/c1-19-8-10-4-12(3-9(10)5-14(19)21)20(2)15-13(17)6-11(16)7-18-15/h6-7,9-10,12H,3-5,8H2,1-2H3/t9-,10+,12-/m0/s1. The molecule has 1 aliphatic carbocycles. The second kappa shape index (κ2) is 5.65. The minimum absolute atomic E-state index is 0.266. The van der Waals surface area contributed by atoms with Gasteiger partial charge in [0.15, 0.2) is 0 Å². The molecule has 0 N–H and O–H groups in total. The molecule has 114 valence electrons. The normalized spacial score (nSPS) is 28.7. The number of amides is 1. The fraction of sp³-hybridized carbons (Fsp3) is 0.600.